The lowest BCUT2D eigenvalue weighted by Crippen LogP contribution is -2.47. The lowest BCUT2D eigenvalue weighted by molar-refractivity contribution is -0.0492. The van der Waals surface area contributed by atoms with Crippen LogP contribution in [-0.4, -0.2) is 40.4 Å². The van der Waals surface area contributed by atoms with Crippen LogP contribution in [0.25, 0.3) is 0 Å². The first-order valence-electron chi connectivity index (χ1n) is 11.4. The first-order chi connectivity index (χ1) is 15.5. The van der Waals surface area contributed by atoms with Crippen molar-refractivity contribution in [2.24, 2.45) is 13.0 Å². The van der Waals surface area contributed by atoms with E-state index < -0.39 is 15.5 Å². The van der Waals surface area contributed by atoms with E-state index in [0.29, 0.717) is 28.8 Å². The zero-order valence-corrected chi connectivity index (χ0v) is 19.9. The molecule has 1 saturated carbocycles. The lowest BCUT2D eigenvalue weighted by atomic mass is 9.97. The standard InChI is InChI=1S/C23H31F3N4O2S/c1-17-7-10-22-19(11-17)12-29(33(31,32)23(24,25)26)15-21(9-8-18-5-3-4-6-18)30(22)14-20-13-28(2)16-27-20/h7,10-11,13,16,18,21H,3-6,8-9,12,14-15H2,1-2H3. The molecule has 0 amide bonds. The highest BCUT2D eigenvalue weighted by molar-refractivity contribution is 7.89. The molecule has 6 nitrogen and oxygen atoms in total. The van der Waals surface area contributed by atoms with Gasteiger partial charge < -0.3 is 9.47 Å². The summed E-state index contributed by atoms with van der Waals surface area (Å²) in [5.41, 5.74) is -2.30. The highest BCUT2D eigenvalue weighted by Crippen LogP contribution is 2.37. The molecule has 10 heteroatoms. The molecule has 1 fully saturated rings. The zero-order valence-electron chi connectivity index (χ0n) is 19.1. The number of fused-ring (bicyclic) bond motifs is 1. The first-order valence-corrected chi connectivity index (χ1v) is 12.9. The van der Waals surface area contributed by atoms with E-state index in [-0.39, 0.29) is 19.1 Å². The van der Waals surface area contributed by atoms with Crippen LogP contribution < -0.4 is 4.90 Å². The van der Waals surface area contributed by atoms with Crippen molar-refractivity contribution in [2.75, 3.05) is 11.4 Å². The summed E-state index contributed by atoms with van der Waals surface area (Å²) in [5.74, 6) is 0.551. The molecule has 0 bridgehead atoms. The zero-order chi connectivity index (χ0) is 23.8. The van der Waals surface area contributed by atoms with Crippen LogP contribution in [0, 0.1) is 12.8 Å². The summed E-state index contributed by atoms with van der Waals surface area (Å²) in [6.45, 7) is 1.77. The average molecular weight is 485 g/mol. The van der Waals surface area contributed by atoms with Gasteiger partial charge in [0, 0.05) is 38.1 Å². The van der Waals surface area contributed by atoms with E-state index >= 15 is 0 Å². The largest absolute Gasteiger partial charge is 0.511 e. The van der Waals surface area contributed by atoms with Crippen molar-refractivity contribution in [3.8, 4) is 0 Å². The van der Waals surface area contributed by atoms with Gasteiger partial charge in [-0.25, -0.2) is 13.4 Å². The van der Waals surface area contributed by atoms with Gasteiger partial charge in [-0.3, -0.25) is 0 Å². The van der Waals surface area contributed by atoms with Crippen LogP contribution >= 0.6 is 0 Å². The van der Waals surface area contributed by atoms with E-state index in [1.807, 2.05) is 36.9 Å². The molecule has 1 aliphatic carbocycles. The molecule has 0 N–H and O–H groups in total. The van der Waals surface area contributed by atoms with E-state index in [1.165, 1.54) is 12.8 Å². The Hall–Kier alpha value is -2.07. The minimum atomic E-state index is -5.45. The average Bonchev–Trinajstić information content (AvgIpc) is 3.36. The van der Waals surface area contributed by atoms with Crippen LogP contribution in [0.4, 0.5) is 18.9 Å². The molecule has 0 saturated heterocycles. The smallest absolute Gasteiger partial charge is 0.361 e. The molecule has 1 unspecified atom stereocenters. The van der Waals surface area contributed by atoms with Crippen molar-refractivity contribution in [1.29, 1.82) is 0 Å². The number of halogens is 3. The van der Waals surface area contributed by atoms with E-state index in [1.54, 1.807) is 12.4 Å². The molecule has 1 aliphatic heterocycles. The molecule has 2 aromatic rings. The van der Waals surface area contributed by atoms with Gasteiger partial charge in [0.1, 0.15) is 0 Å². The van der Waals surface area contributed by atoms with Crippen LogP contribution in [0.2, 0.25) is 0 Å². The molecule has 33 heavy (non-hydrogen) atoms. The van der Waals surface area contributed by atoms with Gasteiger partial charge in [-0.05, 0) is 37.3 Å². The molecule has 0 spiro atoms. The SMILES string of the molecule is Cc1ccc2c(c1)CN(S(=O)(=O)C(F)(F)F)CC(CCC1CCCC1)N2Cc1cn(C)cn1. The third kappa shape index (κ3) is 5.21. The number of benzene rings is 1. The van der Waals surface area contributed by atoms with E-state index in [0.717, 1.165) is 36.2 Å². The summed E-state index contributed by atoms with van der Waals surface area (Å²) < 4.78 is 68.1. The highest BCUT2D eigenvalue weighted by Gasteiger charge is 2.51. The molecule has 4 rings (SSSR count). The maximum Gasteiger partial charge on any atom is 0.511 e. The Bertz CT molecular complexity index is 1080. The maximum absolute atomic E-state index is 13.6. The fourth-order valence-corrected chi connectivity index (χ4v) is 6.12. The molecule has 1 atom stereocenters. The Morgan fingerprint density at radius 1 is 1.15 bits per heavy atom. The molecule has 0 radical (unpaired) electrons. The Balaban J connectivity index is 1.74. The monoisotopic (exact) mass is 484 g/mol. The first kappa shape index (κ1) is 24.1. The maximum atomic E-state index is 13.6. The van der Waals surface area contributed by atoms with Gasteiger partial charge >= 0.3 is 15.5 Å². The van der Waals surface area contributed by atoms with Gasteiger partial charge in [0.25, 0.3) is 0 Å². The van der Waals surface area contributed by atoms with Crippen LogP contribution in [0.5, 0.6) is 0 Å². The number of nitrogens with zero attached hydrogens (tertiary/aromatic N) is 4. The Kier molecular flexibility index (Phi) is 6.77. The third-order valence-electron chi connectivity index (χ3n) is 6.85. The molecule has 2 aliphatic rings. The summed E-state index contributed by atoms with van der Waals surface area (Å²) in [6.07, 6.45) is 9.72. The summed E-state index contributed by atoms with van der Waals surface area (Å²) >= 11 is 0. The summed E-state index contributed by atoms with van der Waals surface area (Å²) in [4.78, 5) is 6.49. The van der Waals surface area contributed by atoms with Crippen molar-refractivity contribution in [1.82, 2.24) is 13.9 Å². The predicted molar refractivity (Wildman–Crippen MR) is 121 cm³/mol. The second-order valence-electron chi connectivity index (χ2n) is 9.42. The quantitative estimate of drug-likeness (QED) is 0.594. The fourth-order valence-electron chi connectivity index (χ4n) is 5.15. The molecular weight excluding hydrogens is 453 g/mol. The lowest BCUT2D eigenvalue weighted by Gasteiger charge is -2.34. The Morgan fingerprint density at radius 2 is 1.88 bits per heavy atom. The van der Waals surface area contributed by atoms with Crippen LogP contribution in [0.15, 0.2) is 30.7 Å². The van der Waals surface area contributed by atoms with Crippen molar-refractivity contribution >= 4 is 15.7 Å². The number of imidazole rings is 1. The summed E-state index contributed by atoms with van der Waals surface area (Å²) in [5, 5.41) is 0. The fraction of sp³-hybridized carbons (Fsp3) is 0.609. The van der Waals surface area contributed by atoms with Gasteiger partial charge in [-0.1, -0.05) is 43.4 Å². The van der Waals surface area contributed by atoms with E-state index in [2.05, 4.69) is 9.88 Å². The number of hydrogen-bond donors (Lipinski definition) is 0. The number of hydrogen-bond acceptors (Lipinski definition) is 4. The summed E-state index contributed by atoms with van der Waals surface area (Å²) in [6, 6.07) is 5.24. The highest BCUT2D eigenvalue weighted by atomic mass is 32.2. The minimum absolute atomic E-state index is 0.199. The van der Waals surface area contributed by atoms with Crippen molar-refractivity contribution in [2.45, 2.75) is 70.1 Å². The van der Waals surface area contributed by atoms with E-state index in [4.69, 9.17) is 0 Å². The van der Waals surface area contributed by atoms with Crippen molar-refractivity contribution in [3.63, 3.8) is 0 Å². The second-order valence-corrected chi connectivity index (χ2v) is 11.3. The number of alkyl halides is 3. The molecule has 1 aromatic heterocycles. The topological polar surface area (TPSA) is 58.4 Å². The van der Waals surface area contributed by atoms with Crippen LogP contribution in [0.1, 0.15) is 55.3 Å². The van der Waals surface area contributed by atoms with Gasteiger partial charge in [-0.2, -0.15) is 17.5 Å². The van der Waals surface area contributed by atoms with Crippen LogP contribution in [-0.2, 0) is 30.2 Å². The van der Waals surface area contributed by atoms with Gasteiger partial charge in [-0.15, -0.1) is 0 Å². The molecule has 182 valence electrons. The number of rotatable bonds is 6. The minimum Gasteiger partial charge on any atom is -0.361 e. The number of sulfonamides is 1. The van der Waals surface area contributed by atoms with Gasteiger partial charge in [0.15, 0.2) is 0 Å². The van der Waals surface area contributed by atoms with Gasteiger partial charge in [0.05, 0.1) is 18.6 Å². The van der Waals surface area contributed by atoms with E-state index in [9.17, 15) is 21.6 Å². The van der Waals surface area contributed by atoms with Crippen molar-refractivity contribution in [3.05, 3.63) is 47.5 Å². The molecule has 1 aromatic carbocycles. The molecule has 2 heterocycles. The van der Waals surface area contributed by atoms with Crippen molar-refractivity contribution < 1.29 is 21.6 Å². The number of aryl methyl sites for hydroxylation is 2. The Labute approximate surface area is 193 Å². The number of aromatic nitrogens is 2. The van der Waals surface area contributed by atoms with Gasteiger partial charge in [0.2, 0.25) is 0 Å². The Morgan fingerprint density at radius 3 is 2.52 bits per heavy atom. The normalized spacial score (nSPS) is 20.8. The summed E-state index contributed by atoms with van der Waals surface area (Å²) in [7, 11) is -3.59. The number of anilines is 1. The predicted octanol–water partition coefficient (Wildman–Crippen LogP) is 4.74. The molecular formula is C23H31F3N4O2S. The second kappa shape index (κ2) is 9.29. The third-order valence-corrected chi connectivity index (χ3v) is 8.40. The van der Waals surface area contributed by atoms with Crippen LogP contribution in [0.3, 0.4) is 0 Å².